The van der Waals surface area contributed by atoms with Gasteiger partial charge in [0.05, 0.1) is 0 Å². The van der Waals surface area contributed by atoms with Crippen molar-refractivity contribution in [3.8, 4) is 10.4 Å². The molecule has 0 atom stereocenters. The summed E-state index contributed by atoms with van der Waals surface area (Å²) in [6.45, 7) is 6.35. The van der Waals surface area contributed by atoms with Gasteiger partial charge in [-0.25, -0.2) is 0 Å². The highest BCUT2D eigenvalue weighted by Gasteiger charge is 2.09. The van der Waals surface area contributed by atoms with Crippen molar-refractivity contribution < 1.29 is 0 Å². The Morgan fingerprint density at radius 2 is 2.11 bits per heavy atom. The van der Waals surface area contributed by atoms with Crippen molar-refractivity contribution >= 4 is 27.3 Å². The molecular weight excluding hydrogens is 306 g/mol. The first-order chi connectivity index (χ1) is 8.72. The number of thiophene rings is 1. The molecule has 3 heteroatoms. The third kappa shape index (κ3) is 3.22. The molecule has 96 valence electrons. The Morgan fingerprint density at radius 1 is 1.28 bits per heavy atom. The molecule has 1 N–H and O–H groups in total. The van der Waals surface area contributed by atoms with Crippen molar-refractivity contribution in [3.63, 3.8) is 0 Å². The summed E-state index contributed by atoms with van der Waals surface area (Å²) in [4.78, 5) is 1.33. The van der Waals surface area contributed by atoms with E-state index in [1.54, 1.807) is 11.3 Å². The van der Waals surface area contributed by atoms with Crippen molar-refractivity contribution in [1.29, 1.82) is 0 Å². The Bertz CT molecular complexity index is 519. The molecule has 0 saturated heterocycles. The van der Waals surface area contributed by atoms with E-state index < -0.39 is 0 Å². The fourth-order valence-corrected chi connectivity index (χ4v) is 3.58. The van der Waals surface area contributed by atoms with E-state index in [1.807, 2.05) is 0 Å². The Morgan fingerprint density at radius 3 is 2.78 bits per heavy atom. The second kappa shape index (κ2) is 6.50. The zero-order chi connectivity index (χ0) is 13.0. The van der Waals surface area contributed by atoms with Gasteiger partial charge in [-0.3, -0.25) is 0 Å². The molecule has 1 aromatic heterocycles. The van der Waals surface area contributed by atoms with Crippen LogP contribution in [0, 0.1) is 6.92 Å². The summed E-state index contributed by atoms with van der Waals surface area (Å²) in [6, 6.07) is 8.82. The summed E-state index contributed by atoms with van der Waals surface area (Å²) in [5, 5.41) is 5.61. The number of benzene rings is 1. The first kappa shape index (κ1) is 13.8. The molecule has 1 heterocycles. The first-order valence-electron chi connectivity index (χ1n) is 6.26. The monoisotopic (exact) mass is 323 g/mol. The van der Waals surface area contributed by atoms with Gasteiger partial charge in [-0.15, -0.1) is 11.3 Å². The smallest absolute Gasteiger partial charge is 0.0488 e. The molecule has 0 radical (unpaired) electrons. The van der Waals surface area contributed by atoms with Crippen molar-refractivity contribution in [2.75, 3.05) is 6.54 Å². The molecule has 0 spiro atoms. The number of hydrogen-bond donors (Lipinski definition) is 1. The van der Waals surface area contributed by atoms with Crippen LogP contribution in [0.3, 0.4) is 0 Å². The minimum absolute atomic E-state index is 0.938. The predicted molar refractivity (Wildman–Crippen MR) is 84.2 cm³/mol. The van der Waals surface area contributed by atoms with E-state index in [9.17, 15) is 0 Å². The Labute approximate surface area is 121 Å². The molecule has 0 fully saturated rings. The molecule has 0 aliphatic rings. The molecular formula is C15H18BrNS. The second-order valence-corrected chi connectivity index (χ2v) is 6.21. The Hall–Kier alpha value is -0.640. The lowest BCUT2D eigenvalue weighted by Gasteiger charge is -2.11. The zero-order valence-electron chi connectivity index (χ0n) is 10.8. The van der Waals surface area contributed by atoms with Crippen LogP contribution >= 0.6 is 27.3 Å². The highest BCUT2D eigenvalue weighted by Crippen LogP contribution is 2.36. The summed E-state index contributed by atoms with van der Waals surface area (Å²) in [7, 11) is 0. The second-order valence-electron chi connectivity index (χ2n) is 4.44. The topological polar surface area (TPSA) is 12.0 Å². The molecule has 0 aliphatic carbocycles. The highest BCUT2D eigenvalue weighted by molar-refractivity contribution is 9.10. The van der Waals surface area contributed by atoms with Crippen LogP contribution in [0.1, 0.15) is 24.5 Å². The van der Waals surface area contributed by atoms with Gasteiger partial charge in [0.2, 0.25) is 0 Å². The van der Waals surface area contributed by atoms with E-state index in [-0.39, 0.29) is 0 Å². The number of halogens is 1. The zero-order valence-corrected chi connectivity index (χ0v) is 13.2. The van der Waals surface area contributed by atoms with Gasteiger partial charge in [-0.05, 0) is 58.4 Å². The molecule has 2 aromatic rings. The van der Waals surface area contributed by atoms with Gasteiger partial charge >= 0.3 is 0 Å². The molecule has 1 nitrogen and oxygen atoms in total. The van der Waals surface area contributed by atoms with Gasteiger partial charge in [-0.1, -0.05) is 30.7 Å². The normalized spacial score (nSPS) is 10.8. The fraction of sp³-hybridized carbons (Fsp3) is 0.333. The summed E-state index contributed by atoms with van der Waals surface area (Å²) < 4.78 is 1.19. The third-order valence-electron chi connectivity index (χ3n) is 2.87. The van der Waals surface area contributed by atoms with E-state index in [4.69, 9.17) is 0 Å². The maximum Gasteiger partial charge on any atom is 0.0488 e. The van der Waals surface area contributed by atoms with E-state index in [1.165, 1.54) is 32.5 Å². The lowest BCUT2D eigenvalue weighted by atomic mass is 10.0. The van der Waals surface area contributed by atoms with Crippen molar-refractivity contribution in [1.82, 2.24) is 5.32 Å². The van der Waals surface area contributed by atoms with Crippen LogP contribution in [0.2, 0.25) is 0 Å². The van der Waals surface area contributed by atoms with E-state index in [0.717, 1.165) is 13.1 Å². The average Bonchev–Trinajstić information content (AvgIpc) is 2.77. The van der Waals surface area contributed by atoms with Crippen LogP contribution in [0.5, 0.6) is 0 Å². The summed E-state index contributed by atoms with van der Waals surface area (Å²) >= 11 is 5.42. The molecule has 0 amide bonds. The lowest BCUT2D eigenvalue weighted by molar-refractivity contribution is 0.676. The predicted octanol–water partition coefficient (Wildman–Crippen LogP) is 4.99. The summed E-state index contributed by atoms with van der Waals surface area (Å²) in [5.41, 5.74) is 4.03. The lowest BCUT2D eigenvalue weighted by Crippen LogP contribution is -2.14. The van der Waals surface area contributed by atoms with Crippen LogP contribution in [0.25, 0.3) is 10.4 Å². The molecule has 0 aliphatic heterocycles. The van der Waals surface area contributed by atoms with Crippen molar-refractivity contribution in [2.45, 2.75) is 26.8 Å². The SMILES string of the molecule is CCCNCc1ccc(C)cc1-c1sccc1Br. The van der Waals surface area contributed by atoms with Gasteiger partial charge in [0.15, 0.2) is 0 Å². The van der Waals surface area contributed by atoms with E-state index in [2.05, 4.69) is 64.7 Å². The van der Waals surface area contributed by atoms with Gasteiger partial charge in [0, 0.05) is 15.9 Å². The maximum absolute atomic E-state index is 3.63. The van der Waals surface area contributed by atoms with E-state index >= 15 is 0 Å². The molecule has 18 heavy (non-hydrogen) atoms. The van der Waals surface area contributed by atoms with Crippen LogP contribution in [-0.2, 0) is 6.54 Å². The van der Waals surface area contributed by atoms with Crippen molar-refractivity contribution in [2.24, 2.45) is 0 Å². The molecule has 0 bridgehead atoms. The molecule has 2 rings (SSSR count). The van der Waals surface area contributed by atoms with Gasteiger partial charge in [0.25, 0.3) is 0 Å². The summed E-state index contributed by atoms with van der Waals surface area (Å²) in [6.07, 6.45) is 1.17. The van der Waals surface area contributed by atoms with Gasteiger partial charge in [0.1, 0.15) is 0 Å². The largest absolute Gasteiger partial charge is 0.313 e. The van der Waals surface area contributed by atoms with E-state index in [0.29, 0.717) is 0 Å². The number of rotatable bonds is 5. The van der Waals surface area contributed by atoms with Gasteiger partial charge in [-0.2, -0.15) is 0 Å². The molecule has 0 saturated carbocycles. The number of aryl methyl sites for hydroxylation is 1. The van der Waals surface area contributed by atoms with Crippen LogP contribution < -0.4 is 5.32 Å². The van der Waals surface area contributed by atoms with Gasteiger partial charge < -0.3 is 5.32 Å². The van der Waals surface area contributed by atoms with Crippen LogP contribution in [-0.4, -0.2) is 6.54 Å². The molecule has 1 aromatic carbocycles. The third-order valence-corrected chi connectivity index (χ3v) is 4.74. The first-order valence-corrected chi connectivity index (χ1v) is 7.93. The highest BCUT2D eigenvalue weighted by atomic mass is 79.9. The van der Waals surface area contributed by atoms with Crippen LogP contribution in [0.4, 0.5) is 0 Å². The molecule has 0 unspecified atom stereocenters. The quantitative estimate of drug-likeness (QED) is 0.764. The van der Waals surface area contributed by atoms with Crippen LogP contribution in [0.15, 0.2) is 34.1 Å². The summed E-state index contributed by atoms with van der Waals surface area (Å²) in [5.74, 6) is 0. The fourth-order valence-electron chi connectivity index (χ4n) is 1.94. The number of hydrogen-bond acceptors (Lipinski definition) is 2. The minimum atomic E-state index is 0.938. The maximum atomic E-state index is 3.63. The van der Waals surface area contributed by atoms with Crippen molar-refractivity contribution in [3.05, 3.63) is 45.2 Å². The minimum Gasteiger partial charge on any atom is -0.313 e. The standard InChI is InChI=1S/C15H18BrNS/c1-3-7-17-10-12-5-4-11(2)9-13(12)15-14(16)6-8-18-15/h4-6,8-9,17H,3,7,10H2,1-2H3. The average molecular weight is 324 g/mol. The number of nitrogens with one attached hydrogen (secondary N) is 1. The Kier molecular flexibility index (Phi) is 4.98. The Balaban J connectivity index is 2.32.